The molecule has 26 heavy (non-hydrogen) atoms. The van der Waals surface area contributed by atoms with Crippen LogP contribution >= 0.6 is 11.8 Å². The lowest BCUT2D eigenvalue weighted by Crippen LogP contribution is -2.13. The molecule has 0 aliphatic heterocycles. The second-order valence-corrected chi connectivity index (χ2v) is 7.40. The van der Waals surface area contributed by atoms with Gasteiger partial charge in [-0.25, -0.2) is 15.0 Å². The number of para-hydroxylation sites is 1. The molecule has 3 aromatic heterocycles. The smallest absolute Gasteiger partial charge is 0.224 e. The van der Waals surface area contributed by atoms with Gasteiger partial charge >= 0.3 is 0 Å². The third-order valence-corrected chi connectivity index (χ3v) is 4.71. The average molecular weight is 365 g/mol. The van der Waals surface area contributed by atoms with Crippen molar-refractivity contribution in [2.45, 2.75) is 37.0 Å². The monoisotopic (exact) mass is 365 g/mol. The molecule has 1 aromatic carbocycles. The van der Waals surface area contributed by atoms with Crippen LogP contribution in [0.1, 0.15) is 19.5 Å². The Morgan fingerprint density at radius 1 is 1.08 bits per heavy atom. The maximum absolute atomic E-state index is 4.70. The van der Waals surface area contributed by atoms with Crippen molar-refractivity contribution in [1.29, 1.82) is 0 Å². The number of aryl methyl sites for hydroxylation is 2. The molecule has 0 fully saturated rings. The lowest BCUT2D eigenvalue weighted by Gasteiger charge is -2.09. The summed E-state index contributed by atoms with van der Waals surface area (Å²) in [6, 6.07) is 10.3. The topological polar surface area (TPSA) is 81.4 Å². The summed E-state index contributed by atoms with van der Waals surface area (Å²) in [5, 5.41) is 14.3. The van der Waals surface area contributed by atoms with E-state index in [-0.39, 0.29) is 6.04 Å². The van der Waals surface area contributed by atoms with Crippen molar-refractivity contribution in [3.8, 4) is 0 Å². The zero-order chi connectivity index (χ0) is 18.3. The molecule has 4 aromatic rings. The fourth-order valence-electron chi connectivity index (χ4n) is 2.84. The Kier molecular flexibility index (Phi) is 4.20. The summed E-state index contributed by atoms with van der Waals surface area (Å²) in [5.41, 5.74) is 3.61. The minimum atomic E-state index is 0.264. The molecule has 0 unspecified atom stereocenters. The Balaban J connectivity index is 1.73. The molecule has 0 saturated heterocycles. The van der Waals surface area contributed by atoms with E-state index in [9.17, 15) is 0 Å². The van der Waals surface area contributed by atoms with Gasteiger partial charge in [0, 0.05) is 24.2 Å². The van der Waals surface area contributed by atoms with Gasteiger partial charge in [-0.3, -0.25) is 0 Å². The van der Waals surface area contributed by atoms with Gasteiger partial charge in [-0.2, -0.15) is 0 Å². The largest absolute Gasteiger partial charge is 0.352 e. The van der Waals surface area contributed by atoms with Crippen molar-refractivity contribution in [1.82, 2.24) is 29.7 Å². The van der Waals surface area contributed by atoms with Crippen molar-refractivity contribution < 1.29 is 0 Å². The Bertz CT molecular complexity index is 1100. The fraction of sp³-hybridized carbons (Fsp3) is 0.278. The summed E-state index contributed by atoms with van der Waals surface area (Å²) in [4.78, 5) is 13.7. The van der Waals surface area contributed by atoms with Crippen LogP contribution in [0.4, 0.5) is 5.95 Å². The standard InChI is InChI=1S/C18H19N7S/c1-10(2)19-17-20-11(3)9-14(21-17)26-18-22-16-15(23-24-18)12-7-5-6-8-13(12)25(16)4/h5-10H,1-4H3,(H,19,20,21). The van der Waals surface area contributed by atoms with Crippen molar-refractivity contribution in [3.63, 3.8) is 0 Å². The highest BCUT2D eigenvalue weighted by Crippen LogP contribution is 2.28. The zero-order valence-electron chi connectivity index (χ0n) is 15.1. The molecule has 0 atom stereocenters. The second-order valence-electron chi connectivity index (χ2n) is 6.42. The van der Waals surface area contributed by atoms with Gasteiger partial charge in [0.15, 0.2) is 5.65 Å². The van der Waals surface area contributed by atoms with Crippen LogP contribution in [0, 0.1) is 6.92 Å². The van der Waals surface area contributed by atoms with Crippen LogP contribution in [-0.2, 0) is 7.05 Å². The lowest BCUT2D eigenvalue weighted by atomic mass is 10.2. The van der Waals surface area contributed by atoms with Crippen LogP contribution in [0.15, 0.2) is 40.5 Å². The molecule has 0 aliphatic carbocycles. The molecular weight excluding hydrogens is 346 g/mol. The fourth-order valence-corrected chi connectivity index (χ4v) is 3.61. The number of hydrogen-bond acceptors (Lipinski definition) is 7. The second kappa shape index (κ2) is 6.53. The quantitative estimate of drug-likeness (QED) is 0.553. The molecule has 0 saturated carbocycles. The van der Waals surface area contributed by atoms with E-state index in [1.54, 1.807) is 0 Å². The van der Waals surface area contributed by atoms with E-state index in [0.29, 0.717) is 11.1 Å². The van der Waals surface area contributed by atoms with Crippen LogP contribution in [0.5, 0.6) is 0 Å². The number of rotatable bonds is 4. The van der Waals surface area contributed by atoms with Gasteiger partial charge in [-0.1, -0.05) is 18.2 Å². The number of benzene rings is 1. The summed E-state index contributed by atoms with van der Waals surface area (Å²) in [6.45, 7) is 6.06. The highest BCUT2D eigenvalue weighted by Gasteiger charge is 2.14. The first kappa shape index (κ1) is 16.7. The zero-order valence-corrected chi connectivity index (χ0v) is 15.9. The maximum atomic E-state index is 4.70. The van der Waals surface area contributed by atoms with E-state index in [4.69, 9.17) is 4.98 Å². The van der Waals surface area contributed by atoms with Crippen LogP contribution in [0.2, 0.25) is 0 Å². The Morgan fingerprint density at radius 2 is 1.88 bits per heavy atom. The predicted octanol–water partition coefficient (Wildman–Crippen LogP) is 3.59. The number of aromatic nitrogens is 6. The van der Waals surface area contributed by atoms with Crippen molar-refractivity contribution in [3.05, 3.63) is 36.0 Å². The Labute approximate surface area is 155 Å². The molecule has 0 radical (unpaired) electrons. The summed E-state index contributed by atoms with van der Waals surface area (Å²) < 4.78 is 2.04. The van der Waals surface area contributed by atoms with Gasteiger partial charge in [-0.15, -0.1) is 10.2 Å². The van der Waals surface area contributed by atoms with Gasteiger partial charge in [0.25, 0.3) is 0 Å². The summed E-state index contributed by atoms with van der Waals surface area (Å²) in [7, 11) is 1.99. The first-order valence-corrected chi connectivity index (χ1v) is 9.21. The molecule has 132 valence electrons. The first-order valence-electron chi connectivity index (χ1n) is 8.39. The van der Waals surface area contributed by atoms with E-state index < -0.39 is 0 Å². The lowest BCUT2D eigenvalue weighted by molar-refractivity contribution is 0.844. The number of fused-ring (bicyclic) bond motifs is 3. The molecule has 1 N–H and O–H groups in total. The summed E-state index contributed by atoms with van der Waals surface area (Å²) in [5.74, 6) is 0.612. The summed E-state index contributed by atoms with van der Waals surface area (Å²) in [6.07, 6.45) is 0. The van der Waals surface area contributed by atoms with Gasteiger partial charge in [0.2, 0.25) is 11.1 Å². The molecule has 0 amide bonds. The van der Waals surface area contributed by atoms with Gasteiger partial charge < -0.3 is 9.88 Å². The first-order chi connectivity index (χ1) is 12.5. The highest BCUT2D eigenvalue weighted by molar-refractivity contribution is 7.99. The van der Waals surface area contributed by atoms with Crippen LogP contribution < -0.4 is 5.32 Å². The van der Waals surface area contributed by atoms with E-state index in [0.717, 1.165) is 32.8 Å². The maximum Gasteiger partial charge on any atom is 0.224 e. The van der Waals surface area contributed by atoms with Crippen molar-refractivity contribution >= 4 is 39.8 Å². The Morgan fingerprint density at radius 3 is 2.69 bits per heavy atom. The average Bonchev–Trinajstić information content (AvgIpc) is 2.87. The van der Waals surface area contributed by atoms with Gasteiger partial charge in [0.1, 0.15) is 10.5 Å². The number of anilines is 1. The van der Waals surface area contributed by atoms with Crippen molar-refractivity contribution in [2.24, 2.45) is 7.05 Å². The molecule has 8 heteroatoms. The predicted molar refractivity (Wildman–Crippen MR) is 103 cm³/mol. The molecule has 0 spiro atoms. The molecule has 0 bridgehead atoms. The third kappa shape index (κ3) is 3.08. The molecular formula is C18H19N7S. The molecule has 7 nitrogen and oxygen atoms in total. The number of hydrogen-bond donors (Lipinski definition) is 1. The van der Waals surface area contributed by atoms with E-state index in [1.165, 1.54) is 11.8 Å². The normalized spacial score (nSPS) is 11.6. The van der Waals surface area contributed by atoms with E-state index in [2.05, 4.69) is 45.4 Å². The van der Waals surface area contributed by atoms with Gasteiger partial charge in [0.05, 0.1) is 5.52 Å². The molecule has 0 aliphatic rings. The molecule has 4 rings (SSSR count). The minimum absolute atomic E-state index is 0.264. The van der Waals surface area contributed by atoms with Crippen LogP contribution in [-0.4, -0.2) is 35.8 Å². The number of nitrogens with one attached hydrogen (secondary N) is 1. The Hall–Kier alpha value is -2.74. The van der Waals surface area contributed by atoms with Crippen molar-refractivity contribution in [2.75, 3.05) is 5.32 Å². The molecule has 3 heterocycles. The van der Waals surface area contributed by atoms with E-state index >= 15 is 0 Å². The minimum Gasteiger partial charge on any atom is -0.352 e. The van der Waals surface area contributed by atoms with Crippen LogP contribution in [0.3, 0.4) is 0 Å². The third-order valence-electron chi connectivity index (χ3n) is 3.93. The number of nitrogens with zero attached hydrogens (tertiary/aromatic N) is 6. The van der Waals surface area contributed by atoms with Crippen LogP contribution in [0.25, 0.3) is 22.1 Å². The highest BCUT2D eigenvalue weighted by atomic mass is 32.2. The SMILES string of the molecule is Cc1cc(Sc2nnc3c4ccccc4n(C)c3n2)nc(NC(C)C)n1. The van der Waals surface area contributed by atoms with E-state index in [1.807, 2.05) is 42.8 Å². The van der Waals surface area contributed by atoms with Gasteiger partial charge in [-0.05, 0) is 44.7 Å². The summed E-state index contributed by atoms with van der Waals surface area (Å²) >= 11 is 1.39.